The van der Waals surface area contributed by atoms with Crippen molar-refractivity contribution in [2.75, 3.05) is 13.1 Å². The first-order valence-corrected chi connectivity index (χ1v) is 9.59. The maximum Gasteiger partial charge on any atom is 0.272 e. The molecular formula is C21H25N5O. The smallest absolute Gasteiger partial charge is 0.272 e. The number of rotatable bonds is 3. The van der Waals surface area contributed by atoms with E-state index in [9.17, 15) is 4.79 Å². The molecule has 0 bridgehead atoms. The van der Waals surface area contributed by atoms with E-state index >= 15 is 0 Å². The summed E-state index contributed by atoms with van der Waals surface area (Å²) in [4.78, 5) is 23.8. The molecule has 0 spiro atoms. The molecule has 0 N–H and O–H groups in total. The molecule has 1 saturated heterocycles. The average Bonchev–Trinajstić information content (AvgIpc) is 3.15. The third-order valence-corrected chi connectivity index (χ3v) is 5.31. The molecule has 27 heavy (non-hydrogen) atoms. The lowest BCUT2D eigenvalue weighted by Gasteiger charge is -2.33. The van der Waals surface area contributed by atoms with Crippen molar-refractivity contribution in [1.82, 2.24) is 24.5 Å². The van der Waals surface area contributed by atoms with Crippen LogP contribution >= 0.6 is 0 Å². The average molecular weight is 363 g/mol. The van der Waals surface area contributed by atoms with E-state index in [1.807, 2.05) is 11.0 Å². The van der Waals surface area contributed by atoms with E-state index in [1.165, 1.54) is 17.5 Å². The van der Waals surface area contributed by atoms with E-state index in [-0.39, 0.29) is 11.8 Å². The molecule has 1 aromatic carbocycles. The van der Waals surface area contributed by atoms with Gasteiger partial charge < -0.3 is 4.90 Å². The molecule has 1 aliphatic rings. The van der Waals surface area contributed by atoms with Gasteiger partial charge in [0.15, 0.2) is 0 Å². The van der Waals surface area contributed by atoms with Gasteiger partial charge in [-0.2, -0.15) is 10.1 Å². The molecule has 2 aromatic heterocycles. The zero-order valence-electron chi connectivity index (χ0n) is 16.1. The SMILES string of the molecule is Cc1cccc(C2CCCN(C(=O)c3cc(C(C)C)n4ncnc4n3)C2)c1. The van der Waals surface area contributed by atoms with Crippen LogP contribution in [0.3, 0.4) is 0 Å². The molecule has 1 unspecified atom stereocenters. The number of carbonyl (C=O) groups is 1. The van der Waals surface area contributed by atoms with E-state index in [0.29, 0.717) is 17.4 Å². The zero-order chi connectivity index (χ0) is 19.0. The van der Waals surface area contributed by atoms with E-state index in [0.717, 1.165) is 31.6 Å². The van der Waals surface area contributed by atoms with Gasteiger partial charge in [-0.05, 0) is 37.3 Å². The van der Waals surface area contributed by atoms with Crippen LogP contribution < -0.4 is 0 Å². The second-order valence-electron chi connectivity index (χ2n) is 7.70. The van der Waals surface area contributed by atoms with Crippen molar-refractivity contribution in [2.45, 2.75) is 45.4 Å². The molecule has 3 heterocycles. The highest BCUT2D eigenvalue weighted by atomic mass is 16.2. The fraction of sp³-hybridized carbons (Fsp3) is 0.429. The molecule has 0 radical (unpaired) electrons. The quantitative estimate of drug-likeness (QED) is 0.713. The van der Waals surface area contributed by atoms with Gasteiger partial charge in [0.25, 0.3) is 11.7 Å². The second-order valence-corrected chi connectivity index (χ2v) is 7.70. The van der Waals surface area contributed by atoms with Crippen molar-refractivity contribution in [3.8, 4) is 0 Å². The first kappa shape index (κ1) is 17.6. The van der Waals surface area contributed by atoms with E-state index < -0.39 is 0 Å². The lowest BCUT2D eigenvalue weighted by molar-refractivity contribution is 0.0701. The van der Waals surface area contributed by atoms with Crippen molar-refractivity contribution in [3.63, 3.8) is 0 Å². The molecular weight excluding hydrogens is 338 g/mol. The predicted molar refractivity (Wildman–Crippen MR) is 104 cm³/mol. The minimum atomic E-state index is -0.0141. The number of carbonyl (C=O) groups excluding carboxylic acids is 1. The normalized spacial score (nSPS) is 17.6. The molecule has 1 aliphatic heterocycles. The Kier molecular flexibility index (Phi) is 4.64. The number of hydrogen-bond acceptors (Lipinski definition) is 4. The Morgan fingerprint density at radius 2 is 2.11 bits per heavy atom. The summed E-state index contributed by atoms with van der Waals surface area (Å²) in [6, 6.07) is 10.5. The van der Waals surface area contributed by atoms with Crippen LogP contribution in [0, 0.1) is 6.92 Å². The molecule has 0 aliphatic carbocycles. The van der Waals surface area contributed by atoms with Crippen LogP contribution in [0.2, 0.25) is 0 Å². The number of likely N-dealkylation sites (tertiary alicyclic amines) is 1. The van der Waals surface area contributed by atoms with Crippen LogP contribution in [0.5, 0.6) is 0 Å². The van der Waals surface area contributed by atoms with Crippen LogP contribution in [-0.4, -0.2) is 43.5 Å². The van der Waals surface area contributed by atoms with E-state index in [1.54, 1.807) is 4.52 Å². The first-order chi connectivity index (χ1) is 13.0. The second kappa shape index (κ2) is 7.10. The van der Waals surface area contributed by atoms with E-state index in [4.69, 9.17) is 0 Å². The van der Waals surface area contributed by atoms with Crippen molar-refractivity contribution < 1.29 is 4.79 Å². The summed E-state index contributed by atoms with van der Waals surface area (Å²) in [7, 11) is 0. The minimum Gasteiger partial charge on any atom is -0.337 e. The van der Waals surface area contributed by atoms with Crippen LogP contribution in [0.4, 0.5) is 0 Å². The molecule has 3 aromatic rings. The molecule has 140 valence electrons. The number of piperidine rings is 1. The molecule has 4 rings (SSSR count). The standard InChI is InChI=1S/C21H25N5O/c1-14(2)19-11-18(24-21-22-13-23-26(19)21)20(27)25-9-5-8-17(12-25)16-7-4-6-15(3)10-16/h4,6-7,10-11,13-14,17H,5,8-9,12H2,1-3H3. The monoisotopic (exact) mass is 363 g/mol. The molecule has 6 heteroatoms. The number of aromatic nitrogens is 4. The first-order valence-electron chi connectivity index (χ1n) is 9.59. The Hall–Kier alpha value is -2.76. The maximum absolute atomic E-state index is 13.2. The van der Waals surface area contributed by atoms with Crippen LogP contribution in [-0.2, 0) is 0 Å². The Morgan fingerprint density at radius 3 is 2.89 bits per heavy atom. The van der Waals surface area contributed by atoms with E-state index in [2.05, 4.69) is 60.1 Å². The third-order valence-electron chi connectivity index (χ3n) is 5.31. The Balaban J connectivity index is 1.61. The Bertz CT molecular complexity index is 978. The minimum absolute atomic E-state index is 0.0141. The van der Waals surface area contributed by atoms with Gasteiger partial charge in [-0.15, -0.1) is 0 Å². The van der Waals surface area contributed by atoms with Crippen molar-refractivity contribution in [2.24, 2.45) is 0 Å². The highest BCUT2D eigenvalue weighted by Crippen LogP contribution is 2.28. The van der Waals surface area contributed by atoms with Gasteiger partial charge in [0, 0.05) is 19.0 Å². The van der Waals surface area contributed by atoms with Crippen LogP contribution in [0.1, 0.15) is 65.8 Å². The van der Waals surface area contributed by atoms with Gasteiger partial charge in [0.1, 0.15) is 12.0 Å². The molecule has 1 fully saturated rings. The van der Waals surface area contributed by atoms with Gasteiger partial charge in [-0.25, -0.2) is 9.50 Å². The summed E-state index contributed by atoms with van der Waals surface area (Å²) < 4.78 is 1.72. The fourth-order valence-corrected chi connectivity index (χ4v) is 3.88. The Labute approximate surface area is 159 Å². The summed E-state index contributed by atoms with van der Waals surface area (Å²) in [6.07, 6.45) is 3.60. The summed E-state index contributed by atoms with van der Waals surface area (Å²) in [6.45, 7) is 7.79. The Morgan fingerprint density at radius 1 is 1.26 bits per heavy atom. The van der Waals surface area contributed by atoms with Gasteiger partial charge >= 0.3 is 0 Å². The number of amides is 1. The fourth-order valence-electron chi connectivity index (χ4n) is 3.88. The van der Waals surface area contributed by atoms with Crippen LogP contribution in [0.15, 0.2) is 36.7 Å². The van der Waals surface area contributed by atoms with Crippen LogP contribution in [0.25, 0.3) is 5.78 Å². The summed E-state index contributed by atoms with van der Waals surface area (Å²) in [5.74, 6) is 1.07. The topological polar surface area (TPSA) is 63.4 Å². The number of fused-ring (bicyclic) bond motifs is 1. The molecule has 6 nitrogen and oxygen atoms in total. The summed E-state index contributed by atoms with van der Waals surface area (Å²) >= 11 is 0. The summed E-state index contributed by atoms with van der Waals surface area (Å²) in [5, 5.41) is 4.23. The zero-order valence-corrected chi connectivity index (χ0v) is 16.1. The summed E-state index contributed by atoms with van der Waals surface area (Å²) in [5.41, 5.74) is 3.99. The number of nitrogens with zero attached hydrogens (tertiary/aromatic N) is 5. The predicted octanol–water partition coefficient (Wildman–Crippen LogP) is 3.58. The van der Waals surface area contributed by atoms with Crippen molar-refractivity contribution in [1.29, 1.82) is 0 Å². The molecule has 1 atom stereocenters. The number of benzene rings is 1. The third kappa shape index (κ3) is 3.44. The van der Waals surface area contributed by atoms with Crippen molar-refractivity contribution >= 4 is 11.7 Å². The van der Waals surface area contributed by atoms with Gasteiger partial charge in [0.2, 0.25) is 0 Å². The van der Waals surface area contributed by atoms with Crippen molar-refractivity contribution in [3.05, 3.63) is 59.2 Å². The lowest BCUT2D eigenvalue weighted by Crippen LogP contribution is -2.39. The molecule has 1 amide bonds. The van der Waals surface area contributed by atoms with Gasteiger partial charge in [0.05, 0.1) is 5.69 Å². The van der Waals surface area contributed by atoms with Gasteiger partial charge in [-0.3, -0.25) is 4.79 Å². The maximum atomic E-state index is 13.2. The number of hydrogen-bond donors (Lipinski definition) is 0. The lowest BCUT2D eigenvalue weighted by atomic mass is 9.89. The number of aryl methyl sites for hydroxylation is 1. The highest BCUT2D eigenvalue weighted by Gasteiger charge is 2.27. The molecule has 0 saturated carbocycles. The highest BCUT2D eigenvalue weighted by molar-refractivity contribution is 5.93. The largest absolute Gasteiger partial charge is 0.337 e. The van der Waals surface area contributed by atoms with Gasteiger partial charge in [-0.1, -0.05) is 43.7 Å².